The van der Waals surface area contributed by atoms with Crippen molar-refractivity contribution in [1.29, 1.82) is 5.26 Å². The molecule has 0 aromatic carbocycles. The molecular weight excluding hydrogens is 500 g/mol. The monoisotopic (exact) mass is 528 g/mol. The Morgan fingerprint density at radius 3 is 2.77 bits per heavy atom. The lowest BCUT2D eigenvalue weighted by Gasteiger charge is -2.56. The van der Waals surface area contributed by atoms with Crippen LogP contribution in [0.2, 0.25) is 0 Å². The molecule has 5 aromatic rings. The standard InChI is InChI=1S/C31H28N8O/c32-12-25-15-36-39-17-24(21-4-7-40-8-5-21)10-28(30(25)39)23-1-2-29(34-14-23)37-18-26-11-27(19-37)38(26)16-20-9-22-3-6-33-31(22)35-13-20/h1-4,6,9-10,13-15,17,26-27H,5,7-8,11,16,18-19H2,(H,33,35). The van der Waals surface area contributed by atoms with Gasteiger partial charge in [-0.2, -0.15) is 10.4 Å². The highest BCUT2D eigenvalue weighted by Gasteiger charge is 2.44. The molecule has 4 aliphatic heterocycles. The molecule has 3 fully saturated rings. The van der Waals surface area contributed by atoms with Gasteiger partial charge in [-0.05, 0) is 59.9 Å². The third-order valence-electron chi connectivity index (χ3n) is 8.62. The fourth-order valence-electron chi connectivity index (χ4n) is 6.54. The molecule has 2 atom stereocenters. The Morgan fingerprint density at radius 1 is 1.05 bits per heavy atom. The van der Waals surface area contributed by atoms with Crippen LogP contribution < -0.4 is 4.90 Å². The smallest absolute Gasteiger partial charge is 0.137 e. The number of anilines is 1. The van der Waals surface area contributed by atoms with Gasteiger partial charge >= 0.3 is 0 Å². The van der Waals surface area contributed by atoms with Gasteiger partial charge in [0.2, 0.25) is 0 Å². The molecule has 0 radical (unpaired) electrons. The first-order valence-corrected chi connectivity index (χ1v) is 13.8. The minimum atomic E-state index is 0.524. The van der Waals surface area contributed by atoms with Gasteiger partial charge < -0.3 is 14.6 Å². The van der Waals surface area contributed by atoms with Gasteiger partial charge in [0.05, 0.1) is 30.5 Å². The Morgan fingerprint density at radius 2 is 1.98 bits per heavy atom. The van der Waals surface area contributed by atoms with E-state index in [0.717, 1.165) is 59.7 Å². The number of aromatic amines is 1. The van der Waals surface area contributed by atoms with Crippen molar-refractivity contribution in [2.45, 2.75) is 31.5 Å². The summed E-state index contributed by atoms with van der Waals surface area (Å²) in [7, 11) is 0. The van der Waals surface area contributed by atoms with Crippen LogP contribution in [0.1, 0.15) is 29.5 Å². The number of nitrogens with zero attached hydrogens (tertiary/aromatic N) is 7. The Bertz CT molecular complexity index is 1800. The van der Waals surface area contributed by atoms with E-state index in [9.17, 15) is 5.26 Å². The van der Waals surface area contributed by atoms with Crippen LogP contribution in [0.5, 0.6) is 0 Å². The van der Waals surface area contributed by atoms with Gasteiger partial charge in [0.15, 0.2) is 0 Å². The molecule has 5 aromatic heterocycles. The topological polar surface area (TPSA) is 98.4 Å². The third kappa shape index (κ3) is 3.87. The van der Waals surface area contributed by atoms with Gasteiger partial charge in [-0.15, -0.1) is 0 Å². The zero-order chi connectivity index (χ0) is 26.6. The van der Waals surface area contributed by atoms with Crippen LogP contribution in [-0.4, -0.2) is 67.9 Å². The van der Waals surface area contributed by atoms with E-state index in [-0.39, 0.29) is 0 Å². The van der Waals surface area contributed by atoms with Crippen molar-refractivity contribution in [3.63, 3.8) is 0 Å². The average Bonchev–Trinajstić information content (AvgIpc) is 3.66. The number of fused-ring (bicyclic) bond motifs is 4. The molecule has 0 spiro atoms. The molecule has 9 heteroatoms. The summed E-state index contributed by atoms with van der Waals surface area (Å²) < 4.78 is 7.33. The van der Waals surface area contributed by atoms with Crippen LogP contribution in [0.4, 0.5) is 5.82 Å². The second-order valence-corrected chi connectivity index (χ2v) is 10.9. The lowest BCUT2D eigenvalue weighted by Crippen LogP contribution is -2.68. The van der Waals surface area contributed by atoms with Gasteiger partial charge in [0.1, 0.15) is 17.5 Å². The van der Waals surface area contributed by atoms with Crippen molar-refractivity contribution in [3.8, 4) is 17.2 Å². The van der Waals surface area contributed by atoms with E-state index in [2.05, 4.69) is 67.3 Å². The van der Waals surface area contributed by atoms with Crippen molar-refractivity contribution in [3.05, 3.63) is 84.1 Å². The lowest BCUT2D eigenvalue weighted by atomic mass is 9.87. The number of ether oxygens (including phenoxy) is 1. The van der Waals surface area contributed by atoms with Crippen LogP contribution in [-0.2, 0) is 11.3 Å². The van der Waals surface area contributed by atoms with Crippen LogP contribution in [0.3, 0.4) is 0 Å². The molecule has 1 N–H and O–H groups in total. The number of piperidine rings is 1. The Hall–Kier alpha value is -4.52. The fraction of sp³-hybridized carbons (Fsp3) is 0.290. The molecule has 2 bridgehead atoms. The summed E-state index contributed by atoms with van der Waals surface area (Å²) in [5, 5.41) is 15.4. The lowest BCUT2D eigenvalue weighted by molar-refractivity contribution is -0.00871. The van der Waals surface area contributed by atoms with Crippen molar-refractivity contribution in [2.24, 2.45) is 0 Å². The van der Waals surface area contributed by atoms with E-state index in [0.29, 0.717) is 30.9 Å². The fourth-order valence-corrected chi connectivity index (χ4v) is 6.54. The molecule has 9 heterocycles. The number of nitrogens with one attached hydrogen (secondary N) is 1. The molecule has 2 unspecified atom stereocenters. The zero-order valence-corrected chi connectivity index (χ0v) is 22.0. The van der Waals surface area contributed by atoms with E-state index in [4.69, 9.17) is 9.72 Å². The van der Waals surface area contributed by atoms with E-state index in [1.807, 2.05) is 29.3 Å². The van der Waals surface area contributed by atoms with E-state index < -0.39 is 0 Å². The Kier molecular flexibility index (Phi) is 5.43. The summed E-state index contributed by atoms with van der Waals surface area (Å²) in [6, 6.07) is 14.1. The Labute approximate surface area is 231 Å². The predicted octanol–water partition coefficient (Wildman–Crippen LogP) is 4.41. The first-order valence-electron chi connectivity index (χ1n) is 13.8. The average molecular weight is 529 g/mol. The predicted molar refractivity (Wildman–Crippen MR) is 153 cm³/mol. The van der Waals surface area contributed by atoms with Crippen LogP contribution in [0.15, 0.2) is 67.4 Å². The molecule has 4 aliphatic rings. The molecule has 40 heavy (non-hydrogen) atoms. The van der Waals surface area contributed by atoms with Gasteiger partial charge in [0, 0.05) is 73.0 Å². The number of rotatable bonds is 5. The van der Waals surface area contributed by atoms with Gasteiger partial charge in [-0.25, -0.2) is 14.5 Å². The van der Waals surface area contributed by atoms with E-state index >= 15 is 0 Å². The molecule has 0 saturated carbocycles. The molecule has 9 rings (SSSR count). The number of aromatic nitrogens is 5. The van der Waals surface area contributed by atoms with Crippen LogP contribution >= 0.6 is 0 Å². The minimum absolute atomic E-state index is 0.524. The summed E-state index contributed by atoms with van der Waals surface area (Å²) in [5.41, 5.74) is 7.89. The quantitative estimate of drug-likeness (QED) is 0.361. The van der Waals surface area contributed by atoms with Crippen molar-refractivity contribution >= 4 is 27.9 Å². The van der Waals surface area contributed by atoms with Gasteiger partial charge in [0.25, 0.3) is 0 Å². The number of H-pyrrole nitrogens is 1. The van der Waals surface area contributed by atoms with Crippen molar-refractivity contribution in [1.82, 2.24) is 29.5 Å². The molecular formula is C31H28N8O. The summed E-state index contributed by atoms with van der Waals surface area (Å²) >= 11 is 0. The first kappa shape index (κ1) is 23.4. The van der Waals surface area contributed by atoms with Crippen LogP contribution in [0.25, 0.3) is 33.3 Å². The number of nitriles is 1. The molecule has 198 valence electrons. The minimum Gasteiger partial charge on any atom is -0.377 e. The number of pyridine rings is 3. The third-order valence-corrected chi connectivity index (χ3v) is 8.62. The number of hydrogen-bond donors (Lipinski definition) is 1. The maximum Gasteiger partial charge on any atom is 0.137 e. The van der Waals surface area contributed by atoms with Crippen molar-refractivity contribution in [2.75, 3.05) is 31.2 Å². The summed E-state index contributed by atoms with van der Waals surface area (Å²) in [5.74, 6) is 1.00. The normalized spacial score (nSPS) is 20.9. The summed E-state index contributed by atoms with van der Waals surface area (Å²) in [6.07, 6.45) is 13.8. The second kappa shape index (κ2) is 9.30. The Balaban J connectivity index is 1.03. The maximum absolute atomic E-state index is 9.75. The number of hydrogen-bond acceptors (Lipinski definition) is 7. The van der Waals surface area contributed by atoms with Gasteiger partial charge in [-0.3, -0.25) is 4.90 Å². The largest absolute Gasteiger partial charge is 0.377 e. The van der Waals surface area contributed by atoms with Gasteiger partial charge in [-0.1, -0.05) is 6.08 Å². The zero-order valence-electron chi connectivity index (χ0n) is 22.0. The summed E-state index contributed by atoms with van der Waals surface area (Å²) in [4.78, 5) is 17.7. The maximum atomic E-state index is 9.75. The highest BCUT2D eigenvalue weighted by Crippen LogP contribution is 2.37. The highest BCUT2D eigenvalue weighted by molar-refractivity contribution is 5.87. The molecule has 3 saturated heterocycles. The van der Waals surface area contributed by atoms with Crippen molar-refractivity contribution < 1.29 is 4.74 Å². The highest BCUT2D eigenvalue weighted by atomic mass is 16.5. The summed E-state index contributed by atoms with van der Waals surface area (Å²) in [6.45, 7) is 4.22. The van der Waals surface area contributed by atoms with E-state index in [1.165, 1.54) is 22.9 Å². The SMILES string of the molecule is N#Cc1cnn2cc(C3=CCOCC3)cc(-c3ccc(N4CC5CC(C4)N5Cc4cnc5[nH]ccc5c4)nc3)c12. The molecule has 0 amide bonds. The second-order valence-electron chi connectivity index (χ2n) is 10.9. The number of piperazine rings is 1. The van der Waals surface area contributed by atoms with Crippen LogP contribution in [0, 0.1) is 11.3 Å². The first-order chi connectivity index (χ1) is 19.7. The van der Waals surface area contributed by atoms with E-state index in [1.54, 1.807) is 6.20 Å². The molecule has 0 aliphatic carbocycles. The molecule has 9 nitrogen and oxygen atoms in total.